The van der Waals surface area contributed by atoms with E-state index in [0.29, 0.717) is 6.47 Å². The third kappa shape index (κ3) is 5.80. The summed E-state index contributed by atoms with van der Waals surface area (Å²) in [6.07, 6.45) is 8.99. The van der Waals surface area contributed by atoms with Gasteiger partial charge in [0.05, 0.1) is 5.69 Å². The first-order valence-electron chi connectivity index (χ1n) is 7.88. The van der Waals surface area contributed by atoms with Crippen molar-refractivity contribution in [2.24, 2.45) is 0 Å². The fourth-order valence-electron chi connectivity index (χ4n) is 2.04. The van der Waals surface area contributed by atoms with Gasteiger partial charge in [0.25, 0.3) is 6.47 Å². The van der Waals surface area contributed by atoms with Crippen molar-refractivity contribution in [1.29, 1.82) is 0 Å². The van der Waals surface area contributed by atoms with Crippen molar-refractivity contribution in [2.75, 3.05) is 0 Å². The molecule has 0 amide bonds. The molecule has 128 valence electrons. The van der Waals surface area contributed by atoms with Crippen LogP contribution in [-0.4, -0.2) is 27.0 Å². The molecular formula is C20H21N3O2. The molecule has 0 bridgehead atoms. The molecule has 0 aliphatic rings. The third-order valence-electron chi connectivity index (χ3n) is 3.12. The maximum absolute atomic E-state index is 9.60. The van der Waals surface area contributed by atoms with E-state index in [2.05, 4.69) is 19.7 Å². The molecule has 0 radical (unpaired) electrons. The zero-order chi connectivity index (χ0) is 18.1. The number of nitrogens with zero attached hydrogens (tertiary/aromatic N) is 3. The minimum Gasteiger partial charge on any atom is -0.462 e. The molecule has 0 unspecified atom stereocenters. The van der Waals surface area contributed by atoms with E-state index in [1.54, 1.807) is 18.6 Å². The molecule has 3 heterocycles. The van der Waals surface area contributed by atoms with E-state index >= 15 is 0 Å². The number of hydrogen-bond acceptors (Lipinski definition) is 5. The van der Waals surface area contributed by atoms with Crippen LogP contribution in [0.3, 0.4) is 0 Å². The average molecular weight is 335 g/mol. The van der Waals surface area contributed by atoms with E-state index in [0.717, 1.165) is 22.4 Å². The Morgan fingerprint density at radius 1 is 0.880 bits per heavy atom. The molecule has 5 heteroatoms. The predicted octanol–water partition coefficient (Wildman–Crippen LogP) is 4.16. The average Bonchev–Trinajstić information content (AvgIpc) is 2.63. The van der Waals surface area contributed by atoms with Crippen LogP contribution in [-0.2, 0) is 9.53 Å². The first-order valence-corrected chi connectivity index (χ1v) is 7.88. The molecule has 0 saturated heterocycles. The Balaban J connectivity index is 0.000000277. The second kappa shape index (κ2) is 8.68. The second-order valence-electron chi connectivity index (χ2n) is 6.21. The van der Waals surface area contributed by atoms with Gasteiger partial charge in [0.1, 0.15) is 5.60 Å². The van der Waals surface area contributed by atoms with Crippen molar-refractivity contribution in [3.05, 3.63) is 67.4 Å². The molecule has 0 aromatic carbocycles. The number of carbonyl (C=O) groups excluding carboxylic acids is 1. The number of rotatable bonds is 3. The lowest BCUT2D eigenvalue weighted by Crippen LogP contribution is -2.17. The minimum atomic E-state index is -0.318. The Bertz CT molecular complexity index is 726. The lowest BCUT2D eigenvalue weighted by molar-refractivity contribution is -0.138. The van der Waals surface area contributed by atoms with Crippen LogP contribution in [0, 0.1) is 0 Å². The van der Waals surface area contributed by atoms with Gasteiger partial charge in [-0.2, -0.15) is 0 Å². The van der Waals surface area contributed by atoms with Crippen LogP contribution in [0.4, 0.5) is 0 Å². The highest BCUT2D eigenvalue weighted by molar-refractivity contribution is 5.79. The zero-order valence-corrected chi connectivity index (χ0v) is 14.6. The van der Waals surface area contributed by atoms with E-state index < -0.39 is 0 Å². The Morgan fingerprint density at radius 2 is 1.48 bits per heavy atom. The lowest BCUT2D eigenvalue weighted by Gasteiger charge is -2.14. The van der Waals surface area contributed by atoms with Gasteiger partial charge in [0.2, 0.25) is 0 Å². The van der Waals surface area contributed by atoms with Crippen LogP contribution in [0.25, 0.3) is 22.4 Å². The highest BCUT2D eigenvalue weighted by atomic mass is 16.5. The number of ether oxygens (including phenoxy) is 1. The summed E-state index contributed by atoms with van der Waals surface area (Å²) in [5.41, 5.74) is 3.75. The van der Waals surface area contributed by atoms with Crippen molar-refractivity contribution in [3.8, 4) is 22.4 Å². The molecule has 0 aliphatic carbocycles. The number of carbonyl (C=O) groups is 1. The van der Waals surface area contributed by atoms with E-state index in [1.807, 2.05) is 69.6 Å². The van der Waals surface area contributed by atoms with Gasteiger partial charge in [0, 0.05) is 47.7 Å². The molecule has 0 fully saturated rings. The maximum Gasteiger partial charge on any atom is 0.293 e. The van der Waals surface area contributed by atoms with E-state index in [1.165, 1.54) is 0 Å². The molecule has 0 aliphatic heterocycles. The molecule has 25 heavy (non-hydrogen) atoms. The molecule has 5 nitrogen and oxygen atoms in total. The monoisotopic (exact) mass is 335 g/mol. The summed E-state index contributed by atoms with van der Waals surface area (Å²) in [7, 11) is 0. The second-order valence-corrected chi connectivity index (χ2v) is 6.21. The van der Waals surface area contributed by atoms with Crippen LogP contribution in [0.1, 0.15) is 20.8 Å². The summed E-state index contributed by atoms with van der Waals surface area (Å²) in [5, 5.41) is 0. The van der Waals surface area contributed by atoms with Crippen LogP contribution < -0.4 is 0 Å². The SMILES string of the molecule is CC(C)(C)OC=O.c1cncc(-c2cccnc2-c2cccnc2)c1. The van der Waals surface area contributed by atoms with Crippen LogP contribution in [0.15, 0.2) is 67.4 Å². The summed E-state index contributed by atoms with van der Waals surface area (Å²) in [5.74, 6) is 0. The number of pyridine rings is 3. The maximum atomic E-state index is 9.60. The largest absolute Gasteiger partial charge is 0.462 e. The summed E-state index contributed by atoms with van der Waals surface area (Å²) < 4.78 is 4.55. The highest BCUT2D eigenvalue weighted by Crippen LogP contribution is 2.28. The van der Waals surface area contributed by atoms with Gasteiger partial charge in [0.15, 0.2) is 0 Å². The van der Waals surface area contributed by atoms with Gasteiger partial charge < -0.3 is 4.74 Å². The van der Waals surface area contributed by atoms with Crippen LogP contribution >= 0.6 is 0 Å². The van der Waals surface area contributed by atoms with Crippen LogP contribution in [0.5, 0.6) is 0 Å². The van der Waals surface area contributed by atoms with Gasteiger partial charge in [-0.25, -0.2) is 0 Å². The molecule has 3 aromatic rings. The fraction of sp³-hybridized carbons (Fsp3) is 0.200. The quantitative estimate of drug-likeness (QED) is 0.672. The fourth-order valence-corrected chi connectivity index (χ4v) is 2.04. The first kappa shape index (κ1) is 18.3. The predicted molar refractivity (Wildman–Crippen MR) is 97.6 cm³/mol. The molecule has 3 aromatic heterocycles. The minimum absolute atomic E-state index is 0.318. The van der Waals surface area contributed by atoms with Crippen molar-refractivity contribution < 1.29 is 9.53 Å². The van der Waals surface area contributed by atoms with Crippen molar-refractivity contribution in [3.63, 3.8) is 0 Å². The summed E-state index contributed by atoms with van der Waals surface area (Å²) >= 11 is 0. The normalized spacial score (nSPS) is 10.4. The van der Waals surface area contributed by atoms with Crippen molar-refractivity contribution >= 4 is 6.47 Å². The Kier molecular flexibility index (Phi) is 6.34. The van der Waals surface area contributed by atoms with Gasteiger partial charge in [-0.05, 0) is 45.0 Å². The Morgan fingerprint density at radius 3 is 1.96 bits per heavy atom. The van der Waals surface area contributed by atoms with Gasteiger partial charge in [-0.15, -0.1) is 0 Å². The molecule has 0 atom stereocenters. The number of hydrogen-bond donors (Lipinski definition) is 0. The zero-order valence-electron chi connectivity index (χ0n) is 14.6. The molecule has 0 N–H and O–H groups in total. The Labute approximate surface area is 147 Å². The molecule has 0 spiro atoms. The molecule has 3 rings (SSSR count). The lowest BCUT2D eigenvalue weighted by atomic mass is 10.0. The van der Waals surface area contributed by atoms with E-state index in [4.69, 9.17) is 0 Å². The number of aromatic nitrogens is 3. The van der Waals surface area contributed by atoms with Gasteiger partial charge >= 0.3 is 0 Å². The topological polar surface area (TPSA) is 65.0 Å². The van der Waals surface area contributed by atoms with Crippen molar-refractivity contribution in [2.45, 2.75) is 26.4 Å². The van der Waals surface area contributed by atoms with Gasteiger partial charge in [-0.3, -0.25) is 19.7 Å². The van der Waals surface area contributed by atoms with E-state index in [9.17, 15) is 4.79 Å². The highest BCUT2D eigenvalue weighted by Gasteiger charge is 2.08. The van der Waals surface area contributed by atoms with Crippen LogP contribution in [0.2, 0.25) is 0 Å². The standard InChI is InChI=1S/C15H11N3.C5H10O2/c1-4-12(10-16-7-1)14-6-3-9-18-15(14)13-5-2-8-17-11-13;1-5(2,3)7-4-6/h1-11H;4H,1-3H3. The van der Waals surface area contributed by atoms with Gasteiger partial charge in [-0.1, -0.05) is 12.1 Å². The smallest absolute Gasteiger partial charge is 0.293 e. The Hall–Kier alpha value is -3.08. The summed E-state index contributed by atoms with van der Waals surface area (Å²) in [6.45, 7) is 5.92. The first-order chi connectivity index (χ1) is 12.0. The summed E-state index contributed by atoms with van der Waals surface area (Å²) in [6, 6.07) is 11.9. The third-order valence-corrected chi connectivity index (χ3v) is 3.12. The molecular weight excluding hydrogens is 314 g/mol. The van der Waals surface area contributed by atoms with Crippen molar-refractivity contribution in [1.82, 2.24) is 15.0 Å². The van der Waals surface area contributed by atoms with E-state index in [-0.39, 0.29) is 5.60 Å². The summed E-state index contributed by atoms with van der Waals surface area (Å²) in [4.78, 5) is 22.3. The molecule has 0 saturated carbocycles.